The number of carbonyl (C=O) groups excluding carboxylic acids is 1. The van der Waals surface area contributed by atoms with E-state index in [-0.39, 0.29) is 23.1 Å². The standard InChI is InChI=1S/C25H25F3N8O3/c1-15(2)39-21(37)16-11-17(25(26,27)28)13-19(12-16)31-23-32-22(33-24(34-23)36-7-9-38-10-8-36)30-18-3-5-35-6-4-29-20(35)14-18/h3-6,11-15H,7-10H2,1-2H3,(H2,30,31,32,33,34). The first kappa shape index (κ1) is 26.2. The number of hydrogen-bond donors (Lipinski definition) is 2. The first-order valence-electron chi connectivity index (χ1n) is 12.1. The first-order valence-corrected chi connectivity index (χ1v) is 12.1. The first-order chi connectivity index (χ1) is 18.6. The summed E-state index contributed by atoms with van der Waals surface area (Å²) in [6, 6.07) is 6.49. The molecule has 1 aliphatic heterocycles. The monoisotopic (exact) mass is 542 g/mol. The molecule has 0 radical (unpaired) electrons. The molecule has 0 atom stereocenters. The molecular formula is C25H25F3N8O3. The van der Waals surface area contributed by atoms with Crippen LogP contribution in [-0.4, -0.2) is 62.7 Å². The zero-order valence-electron chi connectivity index (χ0n) is 21.1. The van der Waals surface area contributed by atoms with Gasteiger partial charge in [-0.15, -0.1) is 0 Å². The highest BCUT2D eigenvalue weighted by atomic mass is 19.4. The molecule has 0 saturated carbocycles. The number of morpholine rings is 1. The predicted molar refractivity (Wildman–Crippen MR) is 137 cm³/mol. The summed E-state index contributed by atoms with van der Waals surface area (Å²) in [6.07, 6.45) is 0.0922. The fraction of sp³-hybridized carbons (Fsp3) is 0.320. The van der Waals surface area contributed by atoms with Gasteiger partial charge in [-0.1, -0.05) is 0 Å². The van der Waals surface area contributed by atoms with Crippen molar-refractivity contribution in [3.8, 4) is 0 Å². The number of esters is 1. The Labute approximate surface area is 221 Å². The highest BCUT2D eigenvalue weighted by Gasteiger charge is 2.32. The Kier molecular flexibility index (Phi) is 7.19. The summed E-state index contributed by atoms with van der Waals surface area (Å²) in [5.74, 6) is -0.415. The molecule has 204 valence electrons. The number of aromatic nitrogens is 5. The van der Waals surface area contributed by atoms with Crippen LogP contribution >= 0.6 is 0 Å². The van der Waals surface area contributed by atoms with E-state index in [9.17, 15) is 18.0 Å². The topological polar surface area (TPSA) is 119 Å². The van der Waals surface area contributed by atoms with Crippen LogP contribution in [0.4, 0.5) is 42.4 Å². The molecule has 11 nitrogen and oxygen atoms in total. The molecule has 1 aromatic carbocycles. The van der Waals surface area contributed by atoms with Crippen LogP contribution in [0.3, 0.4) is 0 Å². The zero-order chi connectivity index (χ0) is 27.6. The molecule has 0 amide bonds. The maximum absolute atomic E-state index is 13.7. The van der Waals surface area contributed by atoms with Gasteiger partial charge < -0.3 is 29.4 Å². The van der Waals surface area contributed by atoms with E-state index in [0.717, 1.165) is 12.1 Å². The van der Waals surface area contributed by atoms with Gasteiger partial charge in [0.1, 0.15) is 5.65 Å². The quantitative estimate of drug-likeness (QED) is 0.325. The highest BCUT2D eigenvalue weighted by Crippen LogP contribution is 2.33. The maximum atomic E-state index is 13.7. The summed E-state index contributed by atoms with van der Waals surface area (Å²) in [6.45, 7) is 5.23. The van der Waals surface area contributed by atoms with Crippen molar-refractivity contribution in [2.75, 3.05) is 41.8 Å². The molecule has 1 saturated heterocycles. The number of alkyl halides is 3. The number of nitrogens with zero attached hydrogens (tertiary/aromatic N) is 6. The van der Waals surface area contributed by atoms with Crippen LogP contribution in [-0.2, 0) is 15.7 Å². The lowest BCUT2D eigenvalue weighted by Crippen LogP contribution is -2.37. The molecule has 0 unspecified atom stereocenters. The number of anilines is 5. The second-order valence-corrected chi connectivity index (χ2v) is 8.99. The van der Waals surface area contributed by atoms with E-state index in [1.165, 1.54) is 6.07 Å². The van der Waals surface area contributed by atoms with Crippen molar-refractivity contribution in [3.63, 3.8) is 0 Å². The number of halogens is 3. The van der Waals surface area contributed by atoms with Crippen molar-refractivity contribution >= 4 is 40.8 Å². The fourth-order valence-electron chi connectivity index (χ4n) is 3.89. The molecule has 0 bridgehead atoms. The minimum Gasteiger partial charge on any atom is -0.459 e. The number of fused-ring (bicyclic) bond motifs is 1. The van der Waals surface area contributed by atoms with E-state index >= 15 is 0 Å². The Morgan fingerprint density at radius 3 is 2.41 bits per heavy atom. The Morgan fingerprint density at radius 1 is 1.00 bits per heavy atom. The van der Waals surface area contributed by atoms with Crippen LogP contribution in [0.15, 0.2) is 48.9 Å². The van der Waals surface area contributed by atoms with Crippen molar-refractivity contribution in [3.05, 3.63) is 60.0 Å². The molecule has 1 fully saturated rings. The van der Waals surface area contributed by atoms with E-state index in [0.29, 0.717) is 43.6 Å². The number of pyridine rings is 1. The van der Waals surface area contributed by atoms with Gasteiger partial charge in [-0.05, 0) is 38.1 Å². The third-order valence-corrected chi connectivity index (χ3v) is 5.67. The summed E-state index contributed by atoms with van der Waals surface area (Å²) in [5, 5.41) is 5.92. The average molecular weight is 543 g/mol. The largest absolute Gasteiger partial charge is 0.459 e. The number of imidazole rings is 1. The van der Waals surface area contributed by atoms with Crippen molar-refractivity contribution in [2.45, 2.75) is 26.1 Å². The molecule has 5 rings (SSSR count). The molecule has 4 heterocycles. The van der Waals surface area contributed by atoms with Crippen LogP contribution in [0, 0.1) is 0 Å². The van der Waals surface area contributed by atoms with Gasteiger partial charge >= 0.3 is 12.1 Å². The van der Waals surface area contributed by atoms with E-state index in [1.54, 1.807) is 38.4 Å². The molecule has 3 aromatic heterocycles. The molecular weight excluding hydrogens is 517 g/mol. The molecule has 4 aromatic rings. The lowest BCUT2D eigenvalue weighted by Gasteiger charge is -2.27. The van der Waals surface area contributed by atoms with Gasteiger partial charge in [0.15, 0.2) is 0 Å². The lowest BCUT2D eigenvalue weighted by molar-refractivity contribution is -0.137. The fourth-order valence-corrected chi connectivity index (χ4v) is 3.89. The molecule has 39 heavy (non-hydrogen) atoms. The van der Waals surface area contributed by atoms with Crippen LogP contribution in [0.25, 0.3) is 5.65 Å². The summed E-state index contributed by atoms with van der Waals surface area (Å²) in [4.78, 5) is 31.9. The van der Waals surface area contributed by atoms with Gasteiger partial charge in [0.25, 0.3) is 0 Å². The second kappa shape index (κ2) is 10.7. The summed E-state index contributed by atoms with van der Waals surface area (Å²) < 4.78 is 53.3. The van der Waals surface area contributed by atoms with Crippen molar-refractivity contribution in [2.24, 2.45) is 0 Å². The second-order valence-electron chi connectivity index (χ2n) is 8.99. The highest BCUT2D eigenvalue weighted by molar-refractivity contribution is 5.91. The number of carbonyl (C=O) groups is 1. The minimum absolute atomic E-state index is 0.0154. The van der Waals surface area contributed by atoms with Crippen molar-refractivity contribution in [1.82, 2.24) is 24.3 Å². The zero-order valence-corrected chi connectivity index (χ0v) is 21.1. The third kappa shape index (κ3) is 6.34. The Morgan fingerprint density at radius 2 is 1.72 bits per heavy atom. The van der Waals surface area contributed by atoms with E-state index in [2.05, 4.69) is 30.6 Å². The Balaban J connectivity index is 1.50. The number of rotatable bonds is 7. The van der Waals surface area contributed by atoms with Gasteiger partial charge in [0.05, 0.1) is 30.4 Å². The molecule has 0 spiro atoms. The van der Waals surface area contributed by atoms with E-state index in [4.69, 9.17) is 9.47 Å². The number of nitrogens with one attached hydrogen (secondary N) is 2. The molecule has 14 heteroatoms. The lowest BCUT2D eigenvalue weighted by atomic mass is 10.1. The normalized spacial score (nSPS) is 14.1. The van der Waals surface area contributed by atoms with Gasteiger partial charge in [-0.25, -0.2) is 9.78 Å². The van der Waals surface area contributed by atoms with Gasteiger partial charge in [0.2, 0.25) is 17.8 Å². The molecule has 1 aliphatic rings. The number of hydrogen-bond acceptors (Lipinski definition) is 10. The Bertz CT molecular complexity index is 1490. The van der Waals surface area contributed by atoms with Crippen LogP contribution in [0.2, 0.25) is 0 Å². The number of ether oxygens (including phenoxy) is 2. The Hall–Kier alpha value is -4.46. The molecule has 0 aliphatic carbocycles. The van der Waals surface area contributed by atoms with Crippen LogP contribution < -0.4 is 15.5 Å². The van der Waals surface area contributed by atoms with Gasteiger partial charge in [-0.2, -0.15) is 28.1 Å². The summed E-state index contributed by atoms with van der Waals surface area (Å²) in [7, 11) is 0. The van der Waals surface area contributed by atoms with Gasteiger partial charge in [0, 0.05) is 49.1 Å². The van der Waals surface area contributed by atoms with E-state index < -0.39 is 23.8 Å². The van der Waals surface area contributed by atoms with E-state index in [1.807, 2.05) is 15.5 Å². The summed E-state index contributed by atoms with van der Waals surface area (Å²) in [5.41, 5.74) is 0.0402. The smallest absolute Gasteiger partial charge is 0.416 e. The van der Waals surface area contributed by atoms with Crippen LogP contribution in [0.1, 0.15) is 29.8 Å². The number of benzene rings is 1. The maximum Gasteiger partial charge on any atom is 0.416 e. The predicted octanol–water partition coefficient (Wildman–Crippen LogP) is 4.43. The summed E-state index contributed by atoms with van der Waals surface area (Å²) >= 11 is 0. The van der Waals surface area contributed by atoms with Gasteiger partial charge in [-0.3, -0.25) is 0 Å². The molecule has 2 N–H and O–H groups in total. The minimum atomic E-state index is -4.69. The average Bonchev–Trinajstić information content (AvgIpc) is 3.36. The van der Waals surface area contributed by atoms with Crippen LogP contribution in [0.5, 0.6) is 0 Å². The van der Waals surface area contributed by atoms with Crippen molar-refractivity contribution in [1.29, 1.82) is 0 Å². The van der Waals surface area contributed by atoms with Crippen molar-refractivity contribution < 1.29 is 27.4 Å². The third-order valence-electron chi connectivity index (χ3n) is 5.67. The SMILES string of the molecule is CC(C)OC(=O)c1cc(Nc2nc(Nc3ccn4ccnc4c3)nc(N3CCOCC3)n2)cc(C(F)(F)F)c1.